The van der Waals surface area contributed by atoms with Crippen molar-refractivity contribution in [3.8, 4) is 0 Å². The second-order valence-electron chi connectivity index (χ2n) is 6.35. The molecule has 1 aromatic heterocycles. The van der Waals surface area contributed by atoms with E-state index in [1.54, 1.807) is 18.0 Å². The molecule has 146 valence electrons. The molecule has 0 aliphatic rings. The summed E-state index contributed by atoms with van der Waals surface area (Å²) in [6, 6.07) is 25.5. The molecule has 0 radical (unpaired) electrons. The maximum absolute atomic E-state index is 12.3. The SMILES string of the molecule is Cc1ccc(SNc2ccc3oc(C(=O)NNSc4ccccc4)cc3c2)cc1. The molecule has 1 amide bonds. The summed E-state index contributed by atoms with van der Waals surface area (Å²) < 4.78 is 8.99. The van der Waals surface area contributed by atoms with Gasteiger partial charge in [0.25, 0.3) is 0 Å². The molecule has 0 aliphatic heterocycles. The number of nitrogens with one attached hydrogen (secondary N) is 3. The molecule has 0 aliphatic carbocycles. The molecule has 3 N–H and O–H groups in total. The van der Waals surface area contributed by atoms with Crippen LogP contribution in [-0.2, 0) is 0 Å². The molecule has 5 nitrogen and oxygen atoms in total. The van der Waals surface area contributed by atoms with Gasteiger partial charge >= 0.3 is 5.91 Å². The molecule has 4 aromatic rings. The Bertz CT molecular complexity index is 1110. The largest absolute Gasteiger partial charge is 0.451 e. The van der Waals surface area contributed by atoms with E-state index < -0.39 is 0 Å². The highest BCUT2D eigenvalue weighted by molar-refractivity contribution is 8.00. The Kier molecular flexibility index (Phi) is 6.09. The lowest BCUT2D eigenvalue weighted by Gasteiger charge is -2.05. The van der Waals surface area contributed by atoms with E-state index in [4.69, 9.17) is 4.42 Å². The van der Waals surface area contributed by atoms with Crippen LogP contribution in [0.3, 0.4) is 0 Å². The highest BCUT2D eigenvalue weighted by atomic mass is 32.2. The van der Waals surface area contributed by atoms with Crippen LogP contribution < -0.4 is 15.0 Å². The van der Waals surface area contributed by atoms with Crippen LogP contribution in [0.2, 0.25) is 0 Å². The van der Waals surface area contributed by atoms with Gasteiger partial charge in [0, 0.05) is 20.9 Å². The number of anilines is 1. The van der Waals surface area contributed by atoms with E-state index in [0.29, 0.717) is 5.58 Å². The molecule has 29 heavy (non-hydrogen) atoms. The van der Waals surface area contributed by atoms with Gasteiger partial charge in [-0.05, 0) is 79.4 Å². The van der Waals surface area contributed by atoms with E-state index in [1.807, 2.05) is 48.5 Å². The molecule has 0 spiro atoms. The second kappa shape index (κ2) is 9.09. The number of hydrogen-bond donors (Lipinski definition) is 3. The zero-order chi connectivity index (χ0) is 20.1. The Morgan fingerprint density at radius 1 is 0.862 bits per heavy atom. The van der Waals surface area contributed by atoms with Crippen LogP contribution >= 0.6 is 23.9 Å². The molecule has 7 heteroatoms. The van der Waals surface area contributed by atoms with Crippen molar-refractivity contribution >= 4 is 46.5 Å². The summed E-state index contributed by atoms with van der Waals surface area (Å²) in [7, 11) is 0. The normalized spacial score (nSPS) is 10.8. The second-order valence-corrected chi connectivity index (χ2v) is 8.11. The summed E-state index contributed by atoms with van der Waals surface area (Å²) >= 11 is 2.86. The highest BCUT2D eigenvalue weighted by Crippen LogP contribution is 2.27. The lowest BCUT2D eigenvalue weighted by molar-refractivity contribution is 0.0921. The number of aryl methyl sites for hydroxylation is 1. The fourth-order valence-electron chi connectivity index (χ4n) is 2.62. The van der Waals surface area contributed by atoms with Crippen molar-refractivity contribution in [3.63, 3.8) is 0 Å². The first-order chi connectivity index (χ1) is 14.2. The first-order valence-electron chi connectivity index (χ1n) is 8.98. The molecule has 0 saturated carbocycles. The average Bonchev–Trinajstić information content (AvgIpc) is 3.18. The summed E-state index contributed by atoms with van der Waals surface area (Å²) in [5.74, 6) is -0.0716. The standard InChI is InChI=1S/C22H19N3O2S2/c1-15-7-10-19(11-8-15)28-24-17-9-12-20-16(13-17)14-21(27-20)22(26)23-25-29-18-5-3-2-4-6-18/h2-14,24-25H,1H3,(H,23,26). The first kappa shape index (κ1) is 19.4. The number of fused-ring (bicyclic) bond motifs is 1. The predicted octanol–water partition coefficient (Wildman–Crippen LogP) is 5.80. The van der Waals surface area contributed by atoms with Gasteiger partial charge in [0.05, 0.1) is 0 Å². The molecule has 1 heterocycles. The Hall–Kier alpha value is -2.87. The molecule has 0 bridgehead atoms. The maximum atomic E-state index is 12.3. The van der Waals surface area contributed by atoms with Crippen LogP contribution in [0.5, 0.6) is 0 Å². The first-order valence-corrected chi connectivity index (χ1v) is 10.6. The van der Waals surface area contributed by atoms with Gasteiger partial charge < -0.3 is 9.14 Å². The topological polar surface area (TPSA) is 66.3 Å². The van der Waals surface area contributed by atoms with Gasteiger partial charge in [-0.15, -0.1) is 0 Å². The molecular formula is C22H19N3O2S2. The maximum Gasteiger partial charge on any atom is 0.301 e. The minimum absolute atomic E-state index is 0.254. The van der Waals surface area contributed by atoms with Gasteiger partial charge in [-0.1, -0.05) is 35.9 Å². The number of rotatable bonds is 7. The van der Waals surface area contributed by atoms with Crippen LogP contribution in [0, 0.1) is 6.92 Å². The number of hydrazine groups is 1. The van der Waals surface area contributed by atoms with Crippen molar-refractivity contribution in [2.24, 2.45) is 0 Å². The molecular weight excluding hydrogens is 402 g/mol. The van der Waals surface area contributed by atoms with E-state index in [-0.39, 0.29) is 11.7 Å². The molecule has 0 atom stereocenters. The van der Waals surface area contributed by atoms with Crippen LogP contribution in [0.15, 0.2) is 93.1 Å². The zero-order valence-electron chi connectivity index (χ0n) is 15.6. The van der Waals surface area contributed by atoms with E-state index in [1.165, 1.54) is 17.5 Å². The quantitative estimate of drug-likeness (QED) is 0.259. The average molecular weight is 422 g/mol. The van der Waals surface area contributed by atoms with Crippen molar-refractivity contribution in [2.75, 3.05) is 4.72 Å². The third kappa shape index (κ3) is 5.14. The van der Waals surface area contributed by atoms with Crippen molar-refractivity contribution in [1.82, 2.24) is 10.3 Å². The fraction of sp³-hybridized carbons (Fsp3) is 0.0455. The summed E-state index contributed by atoms with van der Waals surface area (Å²) in [5, 5.41) is 0.861. The van der Waals surface area contributed by atoms with Crippen molar-refractivity contribution in [1.29, 1.82) is 0 Å². The smallest absolute Gasteiger partial charge is 0.301 e. The molecule has 0 fully saturated rings. The summed E-state index contributed by atoms with van der Waals surface area (Å²) in [6.45, 7) is 2.07. The van der Waals surface area contributed by atoms with E-state index >= 15 is 0 Å². The molecule has 4 rings (SSSR count). The monoisotopic (exact) mass is 421 g/mol. The lowest BCUT2D eigenvalue weighted by Crippen LogP contribution is -2.32. The minimum Gasteiger partial charge on any atom is -0.451 e. The van der Waals surface area contributed by atoms with E-state index in [2.05, 4.69) is 46.2 Å². The molecule has 3 aromatic carbocycles. The molecule has 0 unspecified atom stereocenters. The van der Waals surface area contributed by atoms with E-state index in [9.17, 15) is 4.79 Å². The van der Waals surface area contributed by atoms with Crippen LogP contribution in [0.25, 0.3) is 11.0 Å². The third-order valence-corrected chi connectivity index (χ3v) is 5.68. The number of carbonyl (C=O) groups excluding carboxylic acids is 1. The van der Waals surface area contributed by atoms with Gasteiger partial charge in [0.15, 0.2) is 5.76 Å². The van der Waals surface area contributed by atoms with Crippen LogP contribution in [0.1, 0.15) is 16.1 Å². The Labute approximate surface area is 177 Å². The van der Waals surface area contributed by atoms with Crippen molar-refractivity contribution in [2.45, 2.75) is 16.7 Å². The van der Waals surface area contributed by atoms with Gasteiger partial charge in [-0.2, -0.15) is 4.83 Å². The Morgan fingerprint density at radius 3 is 2.41 bits per heavy atom. The summed E-state index contributed by atoms with van der Waals surface area (Å²) in [4.78, 5) is 17.3. The highest BCUT2D eigenvalue weighted by Gasteiger charge is 2.12. The van der Waals surface area contributed by atoms with Crippen molar-refractivity contribution < 1.29 is 9.21 Å². The lowest BCUT2D eigenvalue weighted by atomic mass is 10.2. The van der Waals surface area contributed by atoms with Crippen LogP contribution in [0.4, 0.5) is 5.69 Å². The Balaban J connectivity index is 1.37. The summed E-state index contributed by atoms with van der Waals surface area (Å²) in [6.07, 6.45) is 0. The predicted molar refractivity (Wildman–Crippen MR) is 120 cm³/mol. The van der Waals surface area contributed by atoms with Gasteiger partial charge in [-0.3, -0.25) is 10.2 Å². The number of amides is 1. The number of furan rings is 1. The zero-order valence-corrected chi connectivity index (χ0v) is 17.3. The van der Waals surface area contributed by atoms with Crippen molar-refractivity contribution in [3.05, 3.63) is 90.2 Å². The number of carbonyl (C=O) groups is 1. The number of hydrogen-bond acceptors (Lipinski definition) is 6. The fourth-order valence-corrected chi connectivity index (χ4v) is 3.81. The van der Waals surface area contributed by atoms with Gasteiger partial charge in [-0.25, -0.2) is 0 Å². The minimum atomic E-state index is -0.326. The number of benzene rings is 3. The van der Waals surface area contributed by atoms with E-state index in [0.717, 1.165) is 20.9 Å². The van der Waals surface area contributed by atoms with Crippen LogP contribution in [-0.4, -0.2) is 5.91 Å². The molecule has 0 saturated heterocycles. The third-order valence-electron chi connectivity index (χ3n) is 4.12. The Morgan fingerprint density at radius 2 is 1.62 bits per heavy atom. The summed E-state index contributed by atoms with van der Waals surface area (Å²) in [5.41, 5.74) is 5.47. The van der Waals surface area contributed by atoms with Gasteiger partial charge in [0.1, 0.15) is 5.58 Å². The van der Waals surface area contributed by atoms with Gasteiger partial charge in [0.2, 0.25) is 0 Å².